The van der Waals surface area contributed by atoms with E-state index in [-0.39, 0.29) is 0 Å². The molecule has 0 amide bonds. The molecule has 4 heteroatoms. The third-order valence-corrected chi connectivity index (χ3v) is 11.6. The number of benzene rings is 8. The number of rotatable bonds is 5. The van der Waals surface area contributed by atoms with Crippen LogP contribution < -0.4 is 0 Å². The summed E-state index contributed by atoms with van der Waals surface area (Å²) in [5.74, 6) is 1.93. The summed E-state index contributed by atoms with van der Waals surface area (Å²) >= 11 is 0. The van der Waals surface area contributed by atoms with Gasteiger partial charge in [-0.1, -0.05) is 176 Å². The van der Waals surface area contributed by atoms with E-state index in [1.54, 1.807) is 0 Å². The molecule has 0 aliphatic heterocycles. The molecule has 9 aromatic rings. The fraction of sp³-hybridized carbons (Fsp3) is 0.0189. The molecule has 1 aromatic heterocycles. The Balaban J connectivity index is 0.957. The van der Waals surface area contributed by atoms with E-state index in [1.807, 2.05) is 66.7 Å². The van der Waals surface area contributed by atoms with E-state index < -0.39 is 5.41 Å². The molecule has 0 atom stereocenters. The standard InChI is InChI=1S/C53H32N4/c54-33-34-19-29-44-45-30-28-41(32-49(45)53(48(44)31-34)46-17-9-7-15-42(46)43-16-8-10-18-47(43)53)37-22-20-35(21-23-37)36-24-26-40(27-25-36)52-56-50(38-11-3-1-4-12-38)55-51(57-52)39-13-5-2-6-14-39/h1-32H. The second kappa shape index (κ2) is 12.9. The van der Waals surface area contributed by atoms with E-state index in [4.69, 9.17) is 15.0 Å². The molecular weight excluding hydrogens is 693 g/mol. The van der Waals surface area contributed by atoms with Crippen molar-refractivity contribution in [2.75, 3.05) is 0 Å². The predicted molar refractivity (Wildman–Crippen MR) is 228 cm³/mol. The molecule has 57 heavy (non-hydrogen) atoms. The zero-order valence-electron chi connectivity index (χ0n) is 30.8. The van der Waals surface area contributed by atoms with Gasteiger partial charge in [-0.3, -0.25) is 0 Å². The van der Waals surface area contributed by atoms with Crippen molar-refractivity contribution in [1.29, 1.82) is 5.26 Å². The number of fused-ring (bicyclic) bond motifs is 10. The molecule has 2 aliphatic rings. The Bertz CT molecular complexity index is 2950. The molecule has 0 unspecified atom stereocenters. The molecule has 4 nitrogen and oxygen atoms in total. The van der Waals surface area contributed by atoms with Crippen LogP contribution in [0.4, 0.5) is 0 Å². The second-order valence-electron chi connectivity index (χ2n) is 14.7. The summed E-state index contributed by atoms with van der Waals surface area (Å²) < 4.78 is 0. The molecule has 0 radical (unpaired) electrons. The summed E-state index contributed by atoms with van der Waals surface area (Å²) in [6, 6.07) is 70.4. The summed E-state index contributed by atoms with van der Waals surface area (Å²) in [6.07, 6.45) is 0. The zero-order chi connectivity index (χ0) is 37.9. The molecule has 1 spiro atoms. The fourth-order valence-electron chi connectivity index (χ4n) is 8.99. The van der Waals surface area contributed by atoms with E-state index in [0.717, 1.165) is 38.9 Å². The maximum absolute atomic E-state index is 10.0. The Kier molecular flexibility index (Phi) is 7.42. The molecule has 264 valence electrons. The largest absolute Gasteiger partial charge is 0.208 e. The lowest BCUT2D eigenvalue weighted by molar-refractivity contribution is 0.793. The fourth-order valence-corrected chi connectivity index (χ4v) is 8.99. The number of nitrogens with zero attached hydrogens (tertiary/aromatic N) is 4. The SMILES string of the molecule is N#Cc1ccc2c(c1)C1(c3ccccc3-c3ccccc31)c1cc(-c3ccc(-c4ccc(-c5nc(-c6ccccc6)nc(-c6ccccc6)n5)cc4)cc3)ccc1-2. The van der Waals surface area contributed by atoms with Crippen LogP contribution in [0.15, 0.2) is 194 Å². The maximum Gasteiger partial charge on any atom is 0.164 e. The van der Waals surface area contributed by atoms with Gasteiger partial charge in [-0.15, -0.1) is 0 Å². The summed E-state index contributed by atoms with van der Waals surface area (Å²) in [4.78, 5) is 14.7. The summed E-state index contributed by atoms with van der Waals surface area (Å²) in [5, 5.41) is 10.0. The number of nitriles is 1. The van der Waals surface area contributed by atoms with Crippen LogP contribution >= 0.6 is 0 Å². The van der Waals surface area contributed by atoms with Gasteiger partial charge in [0.25, 0.3) is 0 Å². The minimum absolute atomic E-state index is 0.509. The van der Waals surface area contributed by atoms with Gasteiger partial charge in [0, 0.05) is 16.7 Å². The first kappa shape index (κ1) is 32.7. The highest BCUT2D eigenvalue weighted by atomic mass is 15.0. The van der Waals surface area contributed by atoms with Crippen molar-refractivity contribution in [3.8, 4) is 84.7 Å². The van der Waals surface area contributed by atoms with Crippen molar-refractivity contribution in [2.45, 2.75) is 5.41 Å². The van der Waals surface area contributed by atoms with E-state index in [9.17, 15) is 5.26 Å². The highest BCUT2D eigenvalue weighted by Gasteiger charge is 2.51. The van der Waals surface area contributed by atoms with E-state index in [2.05, 4.69) is 133 Å². The smallest absolute Gasteiger partial charge is 0.164 e. The van der Waals surface area contributed by atoms with Crippen LogP contribution in [0, 0.1) is 11.3 Å². The molecule has 0 N–H and O–H groups in total. The van der Waals surface area contributed by atoms with Crippen LogP contribution in [-0.2, 0) is 5.41 Å². The van der Waals surface area contributed by atoms with Crippen LogP contribution in [0.25, 0.3) is 78.7 Å². The molecule has 11 rings (SSSR count). The van der Waals surface area contributed by atoms with Crippen molar-refractivity contribution < 1.29 is 0 Å². The molecule has 1 heterocycles. The lowest BCUT2D eigenvalue weighted by atomic mass is 9.70. The third kappa shape index (κ3) is 5.10. The van der Waals surface area contributed by atoms with Gasteiger partial charge >= 0.3 is 0 Å². The number of hydrogen-bond donors (Lipinski definition) is 0. The van der Waals surface area contributed by atoms with Crippen molar-refractivity contribution in [3.63, 3.8) is 0 Å². The highest BCUT2D eigenvalue weighted by Crippen LogP contribution is 2.63. The number of aromatic nitrogens is 3. The normalized spacial score (nSPS) is 12.7. The van der Waals surface area contributed by atoms with Gasteiger partial charge in [-0.2, -0.15) is 5.26 Å². The van der Waals surface area contributed by atoms with Gasteiger partial charge in [-0.25, -0.2) is 15.0 Å². The Morgan fingerprint density at radius 1 is 0.316 bits per heavy atom. The van der Waals surface area contributed by atoms with Crippen LogP contribution in [0.5, 0.6) is 0 Å². The van der Waals surface area contributed by atoms with Gasteiger partial charge in [-0.05, 0) is 85.0 Å². The van der Waals surface area contributed by atoms with Gasteiger partial charge < -0.3 is 0 Å². The van der Waals surface area contributed by atoms with Crippen LogP contribution in [0.1, 0.15) is 27.8 Å². The molecule has 0 fully saturated rings. The minimum atomic E-state index is -0.509. The topological polar surface area (TPSA) is 62.5 Å². The van der Waals surface area contributed by atoms with Crippen LogP contribution in [0.2, 0.25) is 0 Å². The first-order chi connectivity index (χ1) is 28.2. The van der Waals surface area contributed by atoms with Gasteiger partial charge in [0.05, 0.1) is 17.0 Å². The Hall–Kier alpha value is -7.74. The molecule has 2 aliphatic carbocycles. The first-order valence-electron chi connectivity index (χ1n) is 19.2. The summed E-state index contributed by atoms with van der Waals surface area (Å²) in [5.41, 5.74) is 17.4. The number of hydrogen-bond acceptors (Lipinski definition) is 4. The Morgan fingerprint density at radius 2 is 0.684 bits per heavy atom. The first-order valence-corrected chi connectivity index (χ1v) is 19.2. The summed E-state index contributed by atoms with van der Waals surface area (Å²) in [6.45, 7) is 0. The van der Waals surface area contributed by atoms with E-state index in [1.165, 1.54) is 44.5 Å². The van der Waals surface area contributed by atoms with Gasteiger partial charge in [0.1, 0.15) is 0 Å². The molecule has 0 saturated carbocycles. The highest BCUT2D eigenvalue weighted by molar-refractivity contribution is 5.96. The van der Waals surface area contributed by atoms with Crippen molar-refractivity contribution in [2.24, 2.45) is 0 Å². The average Bonchev–Trinajstić information content (AvgIpc) is 3.76. The zero-order valence-corrected chi connectivity index (χ0v) is 30.8. The Morgan fingerprint density at radius 3 is 1.19 bits per heavy atom. The van der Waals surface area contributed by atoms with E-state index >= 15 is 0 Å². The lowest BCUT2D eigenvalue weighted by Gasteiger charge is -2.30. The van der Waals surface area contributed by atoms with E-state index in [0.29, 0.717) is 23.0 Å². The third-order valence-electron chi connectivity index (χ3n) is 11.6. The maximum atomic E-state index is 10.0. The second-order valence-corrected chi connectivity index (χ2v) is 14.7. The summed E-state index contributed by atoms with van der Waals surface area (Å²) in [7, 11) is 0. The van der Waals surface area contributed by atoms with Crippen molar-refractivity contribution in [3.05, 3.63) is 222 Å². The monoisotopic (exact) mass is 724 g/mol. The molecular formula is C53H32N4. The lowest BCUT2D eigenvalue weighted by Crippen LogP contribution is -2.26. The quantitative estimate of drug-likeness (QED) is 0.177. The van der Waals surface area contributed by atoms with Crippen LogP contribution in [0.3, 0.4) is 0 Å². The predicted octanol–water partition coefficient (Wildman–Crippen LogP) is 12.4. The van der Waals surface area contributed by atoms with Gasteiger partial charge in [0.15, 0.2) is 17.5 Å². The van der Waals surface area contributed by atoms with Crippen molar-refractivity contribution in [1.82, 2.24) is 15.0 Å². The van der Waals surface area contributed by atoms with Gasteiger partial charge in [0.2, 0.25) is 0 Å². The minimum Gasteiger partial charge on any atom is -0.208 e. The molecule has 0 saturated heterocycles. The van der Waals surface area contributed by atoms with Crippen molar-refractivity contribution >= 4 is 0 Å². The molecule has 8 aromatic carbocycles. The van der Waals surface area contributed by atoms with Crippen LogP contribution in [-0.4, -0.2) is 15.0 Å². The average molecular weight is 725 g/mol. The molecule has 0 bridgehead atoms. The Labute approximate surface area is 331 Å².